The fourth-order valence-corrected chi connectivity index (χ4v) is 2.81. The molecule has 0 unspecified atom stereocenters. The number of likely N-dealkylation sites (N-methyl/N-ethyl adjacent to an activating group) is 1. The minimum absolute atomic E-state index is 0.188. The van der Waals surface area contributed by atoms with Gasteiger partial charge in [0.2, 0.25) is 5.91 Å². The van der Waals surface area contributed by atoms with Gasteiger partial charge in [0, 0.05) is 18.6 Å². The van der Waals surface area contributed by atoms with Crippen molar-refractivity contribution in [2.24, 2.45) is 0 Å². The van der Waals surface area contributed by atoms with Crippen LogP contribution in [-0.4, -0.2) is 43.5 Å². The first-order valence-corrected chi connectivity index (χ1v) is 9.26. The topological polar surface area (TPSA) is 67.9 Å². The van der Waals surface area contributed by atoms with Gasteiger partial charge < -0.3 is 19.7 Å². The van der Waals surface area contributed by atoms with Crippen LogP contribution in [0.3, 0.4) is 0 Å². The fraction of sp³-hybridized carbons (Fsp3) is 0.333. The maximum atomic E-state index is 12.9. The van der Waals surface area contributed by atoms with E-state index in [0.29, 0.717) is 16.5 Å². The number of methoxy groups -OCH3 is 1. The molecule has 2 aromatic carbocycles. The maximum absolute atomic E-state index is 12.9. The summed E-state index contributed by atoms with van der Waals surface area (Å²) in [5.41, 5.74) is 1.71. The van der Waals surface area contributed by atoms with Gasteiger partial charge in [-0.15, -0.1) is 0 Å². The Hall–Kier alpha value is -2.73. The van der Waals surface area contributed by atoms with Crippen molar-refractivity contribution in [3.8, 4) is 11.5 Å². The lowest BCUT2D eigenvalue weighted by molar-refractivity contribution is -0.142. The lowest BCUT2D eigenvalue weighted by Gasteiger charge is -2.28. The van der Waals surface area contributed by atoms with Gasteiger partial charge in [0.1, 0.15) is 17.5 Å². The summed E-state index contributed by atoms with van der Waals surface area (Å²) in [7, 11) is 3.12. The van der Waals surface area contributed by atoms with Crippen LogP contribution in [0.25, 0.3) is 0 Å². The number of ether oxygens (including phenoxy) is 2. The van der Waals surface area contributed by atoms with Gasteiger partial charge >= 0.3 is 0 Å². The van der Waals surface area contributed by atoms with E-state index in [0.717, 1.165) is 11.1 Å². The number of benzene rings is 2. The molecule has 0 fully saturated rings. The van der Waals surface area contributed by atoms with E-state index >= 15 is 0 Å². The summed E-state index contributed by atoms with van der Waals surface area (Å²) in [5.74, 6) is 0.680. The van der Waals surface area contributed by atoms with E-state index in [4.69, 9.17) is 21.1 Å². The molecule has 0 saturated carbocycles. The van der Waals surface area contributed by atoms with E-state index in [2.05, 4.69) is 5.32 Å². The summed E-state index contributed by atoms with van der Waals surface area (Å²) in [4.78, 5) is 26.5. The number of hydrogen-bond acceptors (Lipinski definition) is 4. The summed E-state index contributed by atoms with van der Waals surface area (Å²) in [6, 6.07) is 11.9. The zero-order chi connectivity index (χ0) is 20.7. The highest BCUT2D eigenvalue weighted by Gasteiger charge is 2.26. The molecule has 0 saturated heterocycles. The number of halogens is 1. The van der Waals surface area contributed by atoms with Crippen molar-refractivity contribution < 1.29 is 19.1 Å². The second kappa shape index (κ2) is 9.99. The van der Waals surface area contributed by atoms with Gasteiger partial charge in [-0.25, -0.2) is 0 Å². The van der Waals surface area contributed by atoms with Crippen LogP contribution in [0.1, 0.15) is 18.1 Å². The van der Waals surface area contributed by atoms with Crippen LogP contribution in [0.5, 0.6) is 11.5 Å². The molecule has 0 aromatic heterocycles. The number of carbonyl (C=O) groups excluding carboxylic acids is 2. The van der Waals surface area contributed by atoms with Crippen LogP contribution in [0.2, 0.25) is 5.02 Å². The number of nitrogens with zero attached hydrogens (tertiary/aromatic N) is 1. The Morgan fingerprint density at radius 3 is 2.57 bits per heavy atom. The minimum Gasteiger partial charge on any atom is -0.497 e. The molecule has 0 aliphatic carbocycles. The van der Waals surface area contributed by atoms with Crippen molar-refractivity contribution in [3.63, 3.8) is 0 Å². The van der Waals surface area contributed by atoms with Gasteiger partial charge in [0.25, 0.3) is 5.91 Å². The Morgan fingerprint density at radius 1 is 1.18 bits per heavy atom. The third-order valence-electron chi connectivity index (χ3n) is 4.39. The lowest BCUT2D eigenvalue weighted by Crippen LogP contribution is -2.48. The van der Waals surface area contributed by atoms with Crippen molar-refractivity contribution in [1.82, 2.24) is 10.2 Å². The molecule has 2 rings (SSSR count). The number of rotatable bonds is 8. The first-order valence-electron chi connectivity index (χ1n) is 8.88. The number of aryl methyl sites for hydroxylation is 1. The van der Waals surface area contributed by atoms with E-state index in [9.17, 15) is 9.59 Å². The van der Waals surface area contributed by atoms with Crippen LogP contribution < -0.4 is 14.8 Å². The molecule has 0 bridgehead atoms. The SMILES string of the molecule is CNC(=O)[C@@H](C)N(Cc1cccc(OC)c1)C(=O)COc1ccc(Cl)c(C)c1. The van der Waals surface area contributed by atoms with Crippen LogP contribution in [-0.2, 0) is 16.1 Å². The van der Waals surface area contributed by atoms with Crippen molar-refractivity contribution >= 4 is 23.4 Å². The molecule has 6 nitrogen and oxygen atoms in total. The second-order valence-electron chi connectivity index (χ2n) is 6.36. The average molecular weight is 405 g/mol. The Balaban J connectivity index is 2.15. The molecule has 0 heterocycles. The first-order chi connectivity index (χ1) is 13.3. The highest BCUT2D eigenvalue weighted by molar-refractivity contribution is 6.31. The van der Waals surface area contributed by atoms with Crippen molar-refractivity contribution in [2.75, 3.05) is 20.8 Å². The first kappa shape index (κ1) is 21.6. The van der Waals surface area contributed by atoms with E-state index in [1.54, 1.807) is 39.3 Å². The third kappa shape index (κ3) is 5.63. The molecule has 0 aliphatic rings. The maximum Gasteiger partial charge on any atom is 0.261 e. The highest BCUT2D eigenvalue weighted by atomic mass is 35.5. The Kier molecular flexibility index (Phi) is 7.70. The summed E-state index contributed by atoms with van der Waals surface area (Å²) in [6.07, 6.45) is 0. The molecule has 2 amide bonds. The molecular formula is C21H25ClN2O4. The van der Waals surface area contributed by atoms with Crippen LogP contribution in [0.4, 0.5) is 0 Å². The number of amides is 2. The van der Waals surface area contributed by atoms with Crippen LogP contribution in [0, 0.1) is 6.92 Å². The molecule has 1 N–H and O–H groups in total. The van der Waals surface area contributed by atoms with E-state index in [1.165, 1.54) is 4.90 Å². The summed E-state index contributed by atoms with van der Waals surface area (Å²) in [6.45, 7) is 3.61. The lowest BCUT2D eigenvalue weighted by atomic mass is 10.1. The smallest absolute Gasteiger partial charge is 0.261 e. The summed E-state index contributed by atoms with van der Waals surface area (Å²) < 4.78 is 10.9. The minimum atomic E-state index is -0.653. The molecule has 7 heteroatoms. The molecule has 1 atom stereocenters. The third-order valence-corrected chi connectivity index (χ3v) is 4.82. The Bertz CT molecular complexity index is 841. The zero-order valence-corrected chi connectivity index (χ0v) is 17.2. The van der Waals surface area contributed by atoms with Gasteiger partial charge in [-0.3, -0.25) is 9.59 Å². The van der Waals surface area contributed by atoms with Gasteiger partial charge in [-0.2, -0.15) is 0 Å². The molecule has 0 aliphatic heterocycles. The predicted octanol–water partition coefficient (Wildman–Crippen LogP) is 3.20. The van der Waals surface area contributed by atoms with Gasteiger partial charge in [0.15, 0.2) is 6.61 Å². The van der Waals surface area contributed by atoms with Crippen LogP contribution >= 0.6 is 11.6 Å². The Labute approximate surface area is 170 Å². The zero-order valence-electron chi connectivity index (χ0n) is 16.5. The Morgan fingerprint density at radius 2 is 1.93 bits per heavy atom. The molecule has 0 spiro atoms. The van der Waals surface area contributed by atoms with Gasteiger partial charge in [0.05, 0.1) is 7.11 Å². The largest absolute Gasteiger partial charge is 0.497 e. The van der Waals surface area contributed by atoms with E-state index < -0.39 is 6.04 Å². The van der Waals surface area contributed by atoms with Gasteiger partial charge in [-0.1, -0.05) is 23.7 Å². The number of carbonyl (C=O) groups is 2. The van der Waals surface area contributed by atoms with Gasteiger partial charge in [-0.05, 0) is 55.3 Å². The van der Waals surface area contributed by atoms with Crippen molar-refractivity contribution in [1.29, 1.82) is 0 Å². The average Bonchev–Trinajstić information content (AvgIpc) is 2.71. The van der Waals surface area contributed by atoms with E-state index in [1.807, 2.05) is 31.2 Å². The quantitative estimate of drug-likeness (QED) is 0.733. The second-order valence-corrected chi connectivity index (χ2v) is 6.77. The number of nitrogens with one attached hydrogen (secondary N) is 1. The molecule has 0 radical (unpaired) electrons. The fourth-order valence-electron chi connectivity index (χ4n) is 2.69. The molecular weight excluding hydrogens is 380 g/mol. The molecule has 2 aromatic rings. The normalized spacial score (nSPS) is 11.5. The molecule has 150 valence electrons. The van der Waals surface area contributed by atoms with Crippen molar-refractivity contribution in [3.05, 3.63) is 58.6 Å². The predicted molar refractivity (Wildman–Crippen MR) is 109 cm³/mol. The highest BCUT2D eigenvalue weighted by Crippen LogP contribution is 2.21. The monoisotopic (exact) mass is 404 g/mol. The molecule has 28 heavy (non-hydrogen) atoms. The standard InChI is InChI=1S/C21H25ClN2O4/c1-14-10-18(8-9-19(14)22)28-13-20(25)24(15(2)21(26)23-3)12-16-6-5-7-17(11-16)27-4/h5-11,15H,12-13H2,1-4H3,(H,23,26)/t15-/m1/s1. The summed E-state index contributed by atoms with van der Waals surface area (Å²) >= 11 is 6.02. The van der Waals surface area contributed by atoms with Crippen molar-refractivity contribution in [2.45, 2.75) is 26.4 Å². The number of hydrogen-bond donors (Lipinski definition) is 1. The summed E-state index contributed by atoms with van der Waals surface area (Å²) in [5, 5.41) is 3.21. The van der Waals surface area contributed by atoms with E-state index in [-0.39, 0.29) is 25.0 Å². The van der Waals surface area contributed by atoms with Crippen LogP contribution in [0.15, 0.2) is 42.5 Å².